The molecule has 0 saturated carbocycles. The molecule has 9 nitrogen and oxygen atoms in total. The van der Waals surface area contributed by atoms with Crippen molar-refractivity contribution in [3.05, 3.63) is 68.4 Å². The van der Waals surface area contributed by atoms with Gasteiger partial charge in [-0.1, -0.05) is 23.7 Å². The van der Waals surface area contributed by atoms with Crippen LogP contribution in [0.1, 0.15) is 25.5 Å². The van der Waals surface area contributed by atoms with E-state index in [1.807, 2.05) is 0 Å². The average Bonchev–Trinajstić information content (AvgIpc) is 2.70. The lowest BCUT2D eigenvalue weighted by atomic mass is 9.94. The number of ether oxygens (including phenoxy) is 1. The Hall–Kier alpha value is -3.37. The van der Waals surface area contributed by atoms with Gasteiger partial charge in [0.1, 0.15) is 0 Å². The molecule has 4 N–H and O–H groups in total. The lowest BCUT2D eigenvalue weighted by molar-refractivity contribution is -0.386. The molecule has 162 valence electrons. The lowest BCUT2D eigenvalue weighted by Gasteiger charge is -2.30. The number of hydrogen-bond donors (Lipinski definition) is 4. The molecular formula is C20H19ClN4O5S. The molecule has 1 amide bonds. The van der Waals surface area contributed by atoms with Gasteiger partial charge in [0.15, 0.2) is 10.9 Å². The first-order valence-electron chi connectivity index (χ1n) is 9.21. The maximum Gasteiger partial charge on any atom is 0.315 e. The number of nitro benzene ring substituents is 1. The molecule has 31 heavy (non-hydrogen) atoms. The first-order chi connectivity index (χ1) is 14.7. The van der Waals surface area contributed by atoms with Gasteiger partial charge in [0, 0.05) is 11.8 Å². The van der Waals surface area contributed by atoms with E-state index < -0.39 is 28.3 Å². The Kier molecular flexibility index (Phi) is 6.62. The van der Waals surface area contributed by atoms with Crippen LogP contribution in [0.5, 0.6) is 11.5 Å². The highest BCUT2D eigenvalue weighted by Gasteiger charge is 2.33. The molecule has 1 aliphatic rings. The number of rotatable bonds is 6. The van der Waals surface area contributed by atoms with E-state index in [4.69, 9.17) is 28.6 Å². The fourth-order valence-corrected chi connectivity index (χ4v) is 3.64. The molecule has 0 radical (unpaired) electrons. The maximum absolute atomic E-state index is 13.2. The van der Waals surface area contributed by atoms with E-state index in [0.717, 1.165) is 0 Å². The summed E-state index contributed by atoms with van der Waals surface area (Å²) in [6, 6.07) is 8.53. The molecule has 3 rings (SSSR count). The summed E-state index contributed by atoms with van der Waals surface area (Å²) < 4.78 is 5.35. The Morgan fingerprint density at radius 2 is 2.10 bits per heavy atom. The molecule has 0 fully saturated rings. The summed E-state index contributed by atoms with van der Waals surface area (Å²) in [7, 11) is 0. The Labute approximate surface area is 188 Å². The quantitative estimate of drug-likeness (QED) is 0.290. The molecule has 0 aliphatic carbocycles. The van der Waals surface area contributed by atoms with Gasteiger partial charge in [-0.2, -0.15) is 0 Å². The summed E-state index contributed by atoms with van der Waals surface area (Å²) in [6.45, 7) is 3.53. The number of phenols is 1. The van der Waals surface area contributed by atoms with Gasteiger partial charge in [-0.15, -0.1) is 0 Å². The Bertz CT molecular complexity index is 1100. The van der Waals surface area contributed by atoms with Crippen molar-refractivity contribution < 1.29 is 19.6 Å². The van der Waals surface area contributed by atoms with Crippen LogP contribution in [0.15, 0.2) is 47.7 Å². The molecule has 0 spiro atoms. The van der Waals surface area contributed by atoms with E-state index in [2.05, 4.69) is 16.0 Å². The second-order valence-corrected chi connectivity index (χ2v) is 7.40. The highest BCUT2D eigenvalue weighted by molar-refractivity contribution is 7.80. The number of thiocarbonyl (C=S) groups is 1. The second-order valence-electron chi connectivity index (χ2n) is 6.58. The largest absolute Gasteiger partial charge is 0.500 e. The minimum atomic E-state index is -0.838. The molecule has 1 heterocycles. The number of hydrogen-bond acceptors (Lipinski definition) is 6. The summed E-state index contributed by atoms with van der Waals surface area (Å²) in [4.78, 5) is 23.9. The third kappa shape index (κ3) is 4.70. The van der Waals surface area contributed by atoms with Crippen LogP contribution in [0.2, 0.25) is 5.02 Å². The number of anilines is 1. The van der Waals surface area contributed by atoms with Crippen LogP contribution in [0, 0.1) is 10.1 Å². The highest BCUT2D eigenvalue weighted by atomic mass is 35.5. The first-order valence-corrected chi connectivity index (χ1v) is 9.99. The van der Waals surface area contributed by atoms with Crippen LogP contribution in [0.25, 0.3) is 0 Å². The topological polar surface area (TPSA) is 126 Å². The predicted molar refractivity (Wildman–Crippen MR) is 120 cm³/mol. The SMILES string of the molecule is CCOc1cc([C@H]2NC(=S)NC(C)=C2C(=O)Nc2ccccc2Cl)cc([N+](=O)[O-])c1O. The average molecular weight is 463 g/mol. The number of halogens is 1. The predicted octanol–water partition coefficient (Wildman–Crippen LogP) is 3.78. The zero-order valence-corrected chi connectivity index (χ0v) is 18.1. The first kappa shape index (κ1) is 22.3. The van der Waals surface area contributed by atoms with Gasteiger partial charge in [-0.25, -0.2) is 0 Å². The van der Waals surface area contributed by atoms with Gasteiger partial charge < -0.3 is 25.8 Å². The zero-order chi connectivity index (χ0) is 22.7. The number of benzene rings is 2. The monoisotopic (exact) mass is 462 g/mol. The van der Waals surface area contributed by atoms with E-state index in [1.54, 1.807) is 38.1 Å². The van der Waals surface area contributed by atoms with Crippen molar-refractivity contribution in [3.63, 3.8) is 0 Å². The van der Waals surface area contributed by atoms with Crippen LogP contribution in [-0.2, 0) is 4.79 Å². The Morgan fingerprint density at radius 1 is 1.39 bits per heavy atom. The van der Waals surface area contributed by atoms with Crippen molar-refractivity contribution in [1.29, 1.82) is 0 Å². The second kappa shape index (κ2) is 9.19. The summed E-state index contributed by atoms with van der Waals surface area (Å²) in [6.07, 6.45) is 0. The van der Waals surface area contributed by atoms with E-state index in [-0.39, 0.29) is 23.0 Å². The molecule has 1 aliphatic heterocycles. The molecule has 0 aromatic heterocycles. The third-order valence-electron chi connectivity index (χ3n) is 4.54. The highest BCUT2D eigenvalue weighted by Crippen LogP contribution is 2.41. The zero-order valence-electron chi connectivity index (χ0n) is 16.6. The number of phenolic OH excluding ortho intramolecular Hbond substituents is 1. The standard InChI is InChI=1S/C20H19ClN4O5S/c1-3-30-15-9-11(8-14(18(15)26)25(28)29)17-16(10(2)22-20(31)24-17)19(27)23-13-7-5-4-6-12(13)21/h4-9,17,26H,3H2,1-2H3,(H,23,27)(H2,22,24,31)/t17-/m1/s1. The molecule has 0 bridgehead atoms. The number of para-hydroxylation sites is 1. The van der Waals surface area contributed by atoms with Crippen LogP contribution < -0.4 is 20.7 Å². The van der Waals surface area contributed by atoms with Crippen molar-refractivity contribution in [2.24, 2.45) is 0 Å². The third-order valence-corrected chi connectivity index (χ3v) is 5.09. The van der Waals surface area contributed by atoms with Crippen molar-refractivity contribution in [1.82, 2.24) is 10.6 Å². The maximum atomic E-state index is 13.2. The molecular weight excluding hydrogens is 444 g/mol. The molecule has 2 aromatic rings. The number of amides is 1. The molecule has 0 saturated heterocycles. The Balaban J connectivity index is 2.08. The number of allylic oxidation sites excluding steroid dienone is 1. The van der Waals surface area contributed by atoms with Gasteiger partial charge in [-0.3, -0.25) is 14.9 Å². The van der Waals surface area contributed by atoms with E-state index in [0.29, 0.717) is 22.0 Å². The number of carbonyl (C=O) groups excluding carboxylic acids is 1. The normalized spacial score (nSPS) is 15.7. The van der Waals surface area contributed by atoms with Crippen LogP contribution >= 0.6 is 23.8 Å². The van der Waals surface area contributed by atoms with Gasteiger partial charge in [0.25, 0.3) is 5.91 Å². The van der Waals surface area contributed by atoms with Gasteiger partial charge >= 0.3 is 5.69 Å². The number of aromatic hydroxyl groups is 1. The fourth-order valence-electron chi connectivity index (χ4n) is 3.18. The minimum Gasteiger partial charge on any atom is -0.500 e. The number of nitro groups is 1. The van der Waals surface area contributed by atoms with Gasteiger partial charge in [0.2, 0.25) is 5.75 Å². The van der Waals surface area contributed by atoms with Crippen LogP contribution in [-0.4, -0.2) is 27.7 Å². The molecule has 1 atom stereocenters. The van der Waals surface area contributed by atoms with Crippen molar-refractivity contribution >= 4 is 46.2 Å². The van der Waals surface area contributed by atoms with Gasteiger partial charge in [0.05, 0.1) is 33.9 Å². The number of carbonyl (C=O) groups is 1. The molecule has 0 unspecified atom stereocenters. The molecule has 11 heteroatoms. The number of nitrogens with one attached hydrogen (secondary N) is 3. The summed E-state index contributed by atoms with van der Waals surface area (Å²) in [5.41, 5.74) is 0.896. The summed E-state index contributed by atoms with van der Waals surface area (Å²) in [5.74, 6) is -1.14. The fraction of sp³-hybridized carbons (Fsp3) is 0.200. The van der Waals surface area contributed by atoms with E-state index in [1.165, 1.54) is 12.1 Å². The lowest BCUT2D eigenvalue weighted by Crippen LogP contribution is -2.45. The minimum absolute atomic E-state index is 0.0681. The van der Waals surface area contributed by atoms with Gasteiger partial charge in [-0.05, 0) is 49.8 Å². The van der Waals surface area contributed by atoms with E-state index >= 15 is 0 Å². The smallest absolute Gasteiger partial charge is 0.315 e. The molecule has 2 aromatic carbocycles. The van der Waals surface area contributed by atoms with E-state index in [9.17, 15) is 20.0 Å². The number of nitrogens with zero attached hydrogens (tertiary/aromatic N) is 1. The summed E-state index contributed by atoms with van der Waals surface area (Å²) >= 11 is 11.4. The van der Waals surface area contributed by atoms with Crippen molar-refractivity contribution in [2.75, 3.05) is 11.9 Å². The van der Waals surface area contributed by atoms with Crippen LogP contribution in [0.4, 0.5) is 11.4 Å². The summed E-state index contributed by atoms with van der Waals surface area (Å²) in [5, 5.41) is 30.8. The van der Waals surface area contributed by atoms with Crippen LogP contribution in [0.3, 0.4) is 0 Å². The van der Waals surface area contributed by atoms with Crippen molar-refractivity contribution in [2.45, 2.75) is 19.9 Å². The van der Waals surface area contributed by atoms with Crippen molar-refractivity contribution in [3.8, 4) is 11.5 Å². The Morgan fingerprint density at radius 3 is 2.74 bits per heavy atom.